The van der Waals surface area contributed by atoms with Gasteiger partial charge in [-0.15, -0.1) is 24.0 Å². The lowest BCUT2D eigenvalue weighted by molar-refractivity contribution is 0.169. The van der Waals surface area contributed by atoms with E-state index in [1.165, 1.54) is 0 Å². The fraction of sp³-hybridized carbons (Fsp3) is 0.550. The normalized spacial score (nSPS) is 15.1. The van der Waals surface area contributed by atoms with E-state index in [2.05, 4.69) is 61.1 Å². The number of aromatic nitrogens is 2. The van der Waals surface area contributed by atoms with E-state index in [0.29, 0.717) is 0 Å². The maximum Gasteiger partial charge on any atom is 0.194 e. The second kappa shape index (κ2) is 12.0. The van der Waals surface area contributed by atoms with E-state index in [1.54, 1.807) is 6.26 Å². The number of guanidine groups is 1. The maximum absolute atomic E-state index is 4.92. The van der Waals surface area contributed by atoms with Crippen LogP contribution in [-0.2, 0) is 13.1 Å². The summed E-state index contributed by atoms with van der Waals surface area (Å²) < 4.78 is 4.92. The molecule has 1 aliphatic heterocycles. The lowest BCUT2D eigenvalue weighted by Crippen LogP contribution is -2.52. The average molecular weight is 513 g/mol. The molecule has 0 saturated carbocycles. The van der Waals surface area contributed by atoms with E-state index in [9.17, 15) is 0 Å². The molecule has 1 saturated heterocycles. The molecule has 1 aliphatic rings. The zero-order valence-electron chi connectivity index (χ0n) is 17.5. The van der Waals surface area contributed by atoms with Gasteiger partial charge in [-0.1, -0.05) is 11.2 Å². The van der Waals surface area contributed by atoms with Crippen molar-refractivity contribution in [2.75, 3.05) is 51.2 Å². The third-order valence-corrected chi connectivity index (χ3v) is 5.11. The summed E-state index contributed by atoms with van der Waals surface area (Å²) in [4.78, 5) is 16.0. The van der Waals surface area contributed by atoms with Gasteiger partial charge in [-0.2, -0.15) is 0 Å². The molecule has 3 rings (SSSR count). The highest BCUT2D eigenvalue weighted by molar-refractivity contribution is 14.0. The highest BCUT2D eigenvalue weighted by Gasteiger charge is 2.20. The molecule has 29 heavy (non-hydrogen) atoms. The fourth-order valence-electron chi connectivity index (χ4n) is 3.44. The molecule has 0 amide bonds. The molecule has 0 spiro atoms. The van der Waals surface area contributed by atoms with E-state index in [4.69, 9.17) is 4.52 Å². The van der Waals surface area contributed by atoms with Crippen LogP contribution in [-0.4, -0.2) is 72.2 Å². The van der Waals surface area contributed by atoms with Crippen LogP contribution in [0.4, 0.5) is 5.82 Å². The molecule has 8 nitrogen and oxygen atoms in total. The summed E-state index contributed by atoms with van der Waals surface area (Å²) in [5.74, 6) is 1.97. The smallest absolute Gasteiger partial charge is 0.194 e. The predicted molar refractivity (Wildman–Crippen MR) is 127 cm³/mol. The van der Waals surface area contributed by atoms with E-state index in [-0.39, 0.29) is 24.0 Å². The molecule has 3 heterocycles. The molecule has 0 aromatic carbocycles. The van der Waals surface area contributed by atoms with Gasteiger partial charge in [0.2, 0.25) is 0 Å². The molecular formula is C20H32IN7O. The molecular weight excluding hydrogens is 481 g/mol. The van der Waals surface area contributed by atoms with Crippen LogP contribution in [0.5, 0.6) is 0 Å². The summed E-state index contributed by atoms with van der Waals surface area (Å²) in [6, 6.07) is 6.15. The first kappa shape index (κ1) is 23.4. The second-order valence-electron chi connectivity index (χ2n) is 6.85. The first-order chi connectivity index (χ1) is 13.7. The Balaban J connectivity index is 0.00000300. The number of piperazine rings is 1. The summed E-state index contributed by atoms with van der Waals surface area (Å²) >= 11 is 0. The van der Waals surface area contributed by atoms with E-state index in [1.807, 2.05) is 19.3 Å². The minimum Gasteiger partial charge on any atom is -0.364 e. The molecule has 0 bridgehead atoms. The van der Waals surface area contributed by atoms with Crippen LogP contribution in [0.15, 0.2) is 40.2 Å². The number of nitrogens with zero attached hydrogens (tertiary/aromatic N) is 6. The average Bonchev–Trinajstić information content (AvgIpc) is 3.24. The Hall–Kier alpha value is -1.88. The van der Waals surface area contributed by atoms with E-state index >= 15 is 0 Å². The monoisotopic (exact) mass is 513 g/mol. The van der Waals surface area contributed by atoms with Crippen LogP contribution in [0.2, 0.25) is 0 Å². The topological polar surface area (TPSA) is 73.0 Å². The van der Waals surface area contributed by atoms with Crippen LogP contribution < -0.4 is 10.2 Å². The van der Waals surface area contributed by atoms with Gasteiger partial charge in [0.25, 0.3) is 0 Å². The highest BCUT2D eigenvalue weighted by atomic mass is 127. The third kappa shape index (κ3) is 6.56. The Bertz CT molecular complexity index is 724. The van der Waals surface area contributed by atoms with Crippen molar-refractivity contribution in [2.45, 2.75) is 26.9 Å². The van der Waals surface area contributed by atoms with Gasteiger partial charge in [0, 0.05) is 71.7 Å². The van der Waals surface area contributed by atoms with Gasteiger partial charge in [0.15, 0.2) is 5.96 Å². The number of rotatable bonds is 7. The summed E-state index contributed by atoms with van der Waals surface area (Å²) in [6.45, 7) is 11.6. The van der Waals surface area contributed by atoms with Crippen molar-refractivity contribution in [2.24, 2.45) is 4.99 Å². The lowest BCUT2D eigenvalue weighted by Gasteiger charge is -2.36. The minimum absolute atomic E-state index is 0. The zero-order valence-corrected chi connectivity index (χ0v) is 19.9. The van der Waals surface area contributed by atoms with Crippen molar-refractivity contribution < 1.29 is 4.52 Å². The number of hydrogen-bond donors (Lipinski definition) is 1. The summed E-state index contributed by atoms with van der Waals surface area (Å²) in [7, 11) is 1.84. The molecule has 0 radical (unpaired) electrons. The Morgan fingerprint density at radius 3 is 2.48 bits per heavy atom. The van der Waals surface area contributed by atoms with Gasteiger partial charge in [0.05, 0.1) is 5.69 Å². The molecule has 160 valence electrons. The standard InChI is InChI=1S/C20H31N7O.HI/c1-4-26(5-2)19-7-6-17(14-22-19)15-23-20(21-3)27-11-9-25(10-12-27)16-18-8-13-28-24-18;/h6-8,13-14H,4-5,9-12,15-16H2,1-3H3,(H,21,23);1H. The highest BCUT2D eigenvalue weighted by Crippen LogP contribution is 2.11. The number of hydrogen-bond acceptors (Lipinski definition) is 6. The van der Waals surface area contributed by atoms with E-state index < -0.39 is 0 Å². The van der Waals surface area contributed by atoms with Crippen molar-refractivity contribution in [3.63, 3.8) is 0 Å². The van der Waals surface area contributed by atoms with Gasteiger partial charge in [-0.25, -0.2) is 4.98 Å². The third-order valence-electron chi connectivity index (χ3n) is 5.11. The molecule has 9 heteroatoms. The molecule has 0 unspecified atom stereocenters. The Morgan fingerprint density at radius 1 is 1.17 bits per heavy atom. The van der Waals surface area contributed by atoms with Crippen LogP contribution >= 0.6 is 24.0 Å². The quantitative estimate of drug-likeness (QED) is 0.347. The fourth-order valence-corrected chi connectivity index (χ4v) is 3.44. The Kier molecular flexibility index (Phi) is 9.65. The Morgan fingerprint density at radius 2 is 1.93 bits per heavy atom. The number of nitrogens with one attached hydrogen (secondary N) is 1. The summed E-state index contributed by atoms with van der Waals surface area (Å²) in [5.41, 5.74) is 2.14. The largest absolute Gasteiger partial charge is 0.364 e. The molecule has 0 atom stereocenters. The van der Waals surface area contributed by atoms with Crippen LogP contribution in [0, 0.1) is 0 Å². The minimum atomic E-state index is 0. The van der Waals surface area contributed by atoms with Gasteiger partial charge in [-0.05, 0) is 25.5 Å². The first-order valence-electron chi connectivity index (χ1n) is 10.0. The summed E-state index contributed by atoms with van der Waals surface area (Å²) in [6.07, 6.45) is 3.57. The second-order valence-corrected chi connectivity index (χ2v) is 6.85. The van der Waals surface area contributed by atoms with Gasteiger partial charge < -0.3 is 19.6 Å². The van der Waals surface area contributed by atoms with Crippen LogP contribution in [0.25, 0.3) is 0 Å². The van der Waals surface area contributed by atoms with Crippen LogP contribution in [0.1, 0.15) is 25.1 Å². The predicted octanol–water partition coefficient (Wildman–Crippen LogP) is 2.43. The van der Waals surface area contributed by atoms with Crippen molar-refractivity contribution in [3.05, 3.63) is 41.9 Å². The molecule has 2 aromatic rings. The van der Waals surface area contributed by atoms with Gasteiger partial charge >= 0.3 is 0 Å². The number of pyridine rings is 1. The SMILES string of the molecule is CCN(CC)c1ccc(CNC(=NC)N2CCN(Cc3ccon3)CC2)cn1.I. The molecule has 2 aromatic heterocycles. The van der Waals surface area contributed by atoms with E-state index in [0.717, 1.165) is 75.4 Å². The zero-order chi connectivity index (χ0) is 19.8. The molecule has 1 N–H and O–H groups in total. The lowest BCUT2D eigenvalue weighted by atomic mass is 10.2. The van der Waals surface area contributed by atoms with Crippen molar-refractivity contribution in [1.29, 1.82) is 0 Å². The number of aliphatic imine (C=N–C) groups is 1. The molecule has 0 aliphatic carbocycles. The van der Waals surface area contributed by atoms with Crippen LogP contribution in [0.3, 0.4) is 0 Å². The summed E-state index contributed by atoms with van der Waals surface area (Å²) in [5, 5.41) is 7.47. The van der Waals surface area contributed by atoms with Crippen molar-refractivity contribution >= 4 is 35.8 Å². The van der Waals surface area contributed by atoms with Crippen molar-refractivity contribution in [3.8, 4) is 0 Å². The van der Waals surface area contributed by atoms with Gasteiger partial charge in [0.1, 0.15) is 12.1 Å². The maximum atomic E-state index is 4.92. The molecule has 1 fully saturated rings. The van der Waals surface area contributed by atoms with Gasteiger partial charge in [-0.3, -0.25) is 9.89 Å². The number of halogens is 1. The number of anilines is 1. The first-order valence-corrected chi connectivity index (χ1v) is 10.0. The Labute approximate surface area is 190 Å². The van der Waals surface area contributed by atoms with Crippen molar-refractivity contribution in [1.82, 2.24) is 25.3 Å².